The summed E-state index contributed by atoms with van der Waals surface area (Å²) in [4.78, 5) is 26.2. The number of benzene rings is 2. The van der Waals surface area contributed by atoms with Crippen LogP contribution in [0.1, 0.15) is 17.7 Å². The highest BCUT2D eigenvalue weighted by molar-refractivity contribution is 5.86. The van der Waals surface area contributed by atoms with Gasteiger partial charge in [-0.2, -0.15) is 0 Å². The molecule has 0 radical (unpaired) electrons. The van der Waals surface area contributed by atoms with Gasteiger partial charge in [-0.15, -0.1) is 0 Å². The first-order valence-electron chi connectivity index (χ1n) is 9.30. The quantitative estimate of drug-likeness (QED) is 0.610. The van der Waals surface area contributed by atoms with Crippen molar-refractivity contribution in [1.82, 2.24) is 4.90 Å². The van der Waals surface area contributed by atoms with E-state index in [9.17, 15) is 9.59 Å². The summed E-state index contributed by atoms with van der Waals surface area (Å²) in [6, 6.07) is 21.7. The number of rotatable bonds is 6. The second-order valence-corrected chi connectivity index (χ2v) is 6.93. The Morgan fingerprint density at radius 2 is 1.75 bits per heavy atom. The second-order valence-electron chi connectivity index (χ2n) is 6.93. The molecule has 1 amide bonds. The molecule has 1 aromatic heterocycles. The molecule has 1 aliphatic rings. The number of carbonyl (C=O) groups is 2. The average Bonchev–Trinajstić information content (AvgIpc) is 3.38. The van der Waals surface area contributed by atoms with Gasteiger partial charge in [-0.3, -0.25) is 9.59 Å². The first-order valence-corrected chi connectivity index (χ1v) is 9.30. The van der Waals surface area contributed by atoms with Gasteiger partial charge in [0.05, 0.1) is 18.7 Å². The van der Waals surface area contributed by atoms with Crippen molar-refractivity contribution >= 4 is 11.9 Å². The number of ether oxygens (including phenoxy) is 1. The van der Waals surface area contributed by atoms with Crippen molar-refractivity contribution in [3.8, 4) is 11.1 Å². The summed E-state index contributed by atoms with van der Waals surface area (Å²) >= 11 is 0. The Balaban J connectivity index is 1.30. The molecule has 2 aromatic carbocycles. The van der Waals surface area contributed by atoms with Crippen LogP contribution in [0.3, 0.4) is 0 Å². The van der Waals surface area contributed by atoms with Crippen LogP contribution in [0.5, 0.6) is 0 Å². The summed E-state index contributed by atoms with van der Waals surface area (Å²) in [6.45, 7) is 0.957. The maximum Gasteiger partial charge on any atom is 0.311 e. The van der Waals surface area contributed by atoms with Gasteiger partial charge in [0.15, 0.2) is 0 Å². The molecule has 0 aliphatic carbocycles. The largest absolute Gasteiger partial charge is 0.467 e. The van der Waals surface area contributed by atoms with E-state index in [4.69, 9.17) is 9.15 Å². The van der Waals surface area contributed by atoms with Gasteiger partial charge in [-0.25, -0.2) is 0 Å². The number of hydrogen-bond acceptors (Lipinski definition) is 4. The molecule has 142 valence electrons. The SMILES string of the molecule is O=C(OCc1ccc(-c2ccccc2)cc1)[C@H]1CC(=O)N(Cc2ccco2)C1. The average molecular weight is 375 g/mol. The van der Waals surface area contributed by atoms with Crippen molar-refractivity contribution in [2.24, 2.45) is 5.92 Å². The van der Waals surface area contributed by atoms with E-state index in [1.165, 1.54) is 0 Å². The molecule has 0 spiro atoms. The predicted molar refractivity (Wildman–Crippen MR) is 104 cm³/mol. The molecular weight excluding hydrogens is 354 g/mol. The van der Waals surface area contributed by atoms with Gasteiger partial charge in [0, 0.05) is 13.0 Å². The molecule has 4 rings (SSSR count). The third-order valence-corrected chi connectivity index (χ3v) is 4.92. The van der Waals surface area contributed by atoms with E-state index in [1.807, 2.05) is 48.5 Å². The summed E-state index contributed by atoms with van der Waals surface area (Å²) < 4.78 is 10.7. The molecule has 2 heterocycles. The molecule has 0 unspecified atom stereocenters. The van der Waals surface area contributed by atoms with Crippen molar-refractivity contribution in [3.63, 3.8) is 0 Å². The number of hydrogen-bond donors (Lipinski definition) is 0. The van der Waals surface area contributed by atoms with Crippen molar-refractivity contribution in [1.29, 1.82) is 0 Å². The van der Waals surface area contributed by atoms with Gasteiger partial charge in [-0.05, 0) is 28.8 Å². The van der Waals surface area contributed by atoms with Crippen LogP contribution in [-0.2, 0) is 27.5 Å². The number of nitrogens with zero attached hydrogens (tertiary/aromatic N) is 1. The fraction of sp³-hybridized carbons (Fsp3) is 0.217. The van der Waals surface area contributed by atoms with Crippen LogP contribution < -0.4 is 0 Å². The van der Waals surface area contributed by atoms with Crippen molar-refractivity contribution in [2.75, 3.05) is 6.54 Å². The van der Waals surface area contributed by atoms with Gasteiger partial charge in [0.2, 0.25) is 5.91 Å². The van der Waals surface area contributed by atoms with Crippen LogP contribution in [0.15, 0.2) is 77.4 Å². The Hall–Kier alpha value is -3.34. The maximum atomic E-state index is 12.4. The highest BCUT2D eigenvalue weighted by Crippen LogP contribution is 2.23. The van der Waals surface area contributed by atoms with E-state index in [0.717, 1.165) is 16.7 Å². The topological polar surface area (TPSA) is 59.8 Å². The summed E-state index contributed by atoms with van der Waals surface area (Å²) in [5, 5.41) is 0. The van der Waals surface area contributed by atoms with E-state index in [2.05, 4.69) is 12.1 Å². The minimum atomic E-state index is -0.425. The number of furan rings is 1. The Bertz CT molecular complexity index is 933. The summed E-state index contributed by atoms with van der Waals surface area (Å²) in [5.74, 6) is -0.0973. The van der Waals surface area contributed by atoms with Gasteiger partial charge < -0.3 is 14.1 Å². The molecule has 0 bridgehead atoms. The van der Waals surface area contributed by atoms with E-state index in [1.54, 1.807) is 17.2 Å². The van der Waals surface area contributed by atoms with Gasteiger partial charge in [0.25, 0.3) is 0 Å². The number of esters is 1. The van der Waals surface area contributed by atoms with Crippen LogP contribution in [0.2, 0.25) is 0 Å². The van der Waals surface area contributed by atoms with Crippen LogP contribution in [0, 0.1) is 5.92 Å². The lowest BCUT2D eigenvalue weighted by molar-refractivity contribution is -0.149. The first kappa shape index (κ1) is 18.0. The monoisotopic (exact) mass is 375 g/mol. The molecule has 1 atom stereocenters. The minimum Gasteiger partial charge on any atom is -0.467 e. The van der Waals surface area contributed by atoms with Crippen LogP contribution in [0.4, 0.5) is 0 Å². The van der Waals surface area contributed by atoms with Crippen LogP contribution in [0.25, 0.3) is 11.1 Å². The van der Waals surface area contributed by atoms with Gasteiger partial charge >= 0.3 is 5.97 Å². The number of likely N-dealkylation sites (tertiary alicyclic amines) is 1. The zero-order valence-electron chi connectivity index (χ0n) is 15.4. The molecule has 1 aliphatic heterocycles. The third kappa shape index (κ3) is 4.14. The first-order chi connectivity index (χ1) is 13.7. The van der Waals surface area contributed by atoms with Crippen molar-refractivity contribution in [3.05, 3.63) is 84.3 Å². The van der Waals surface area contributed by atoms with E-state index < -0.39 is 5.92 Å². The van der Waals surface area contributed by atoms with Crippen LogP contribution in [-0.4, -0.2) is 23.3 Å². The number of carbonyl (C=O) groups excluding carboxylic acids is 2. The summed E-state index contributed by atoms with van der Waals surface area (Å²) in [6.07, 6.45) is 1.76. The van der Waals surface area contributed by atoms with E-state index in [0.29, 0.717) is 18.8 Å². The van der Waals surface area contributed by atoms with Crippen LogP contribution >= 0.6 is 0 Å². The van der Waals surface area contributed by atoms with Crippen molar-refractivity contribution < 1.29 is 18.7 Å². The highest BCUT2D eigenvalue weighted by atomic mass is 16.5. The molecule has 1 saturated heterocycles. The minimum absolute atomic E-state index is 0.0504. The third-order valence-electron chi connectivity index (χ3n) is 4.92. The van der Waals surface area contributed by atoms with Gasteiger partial charge in [0.1, 0.15) is 12.4 Å². The van der Waals surface area contributed by atoms with Gasteiger partial charge in [-0.1, -0.05) is 54.6 Å². The summed E-state index contributed by atoms with van der Waals surface area (Å²) in [5.41, 5.74) is 3.18. The highest BCUT2D eigenvalue weighted by Gasteiger charge is 2.35. The smallest absolute Gasteiger partial charge is 0.311 e. The summed E-state index contributed by atoms with van der Waals surface area (Å²) in [7, 11) is 0. The normalized spacial score (nSPS) is 16.4. The molecule has 3 aromatic rings. The lowest BCUT2D eigenvalue weighted by atomic mass is 10.0. The zero-order valence-corrected chi connectivity index (χ0v) is 15.4. The molecular formula is C23H21NO4. The molecule has 5 heteroatoms. The molecule has 1 fully saturated rings. The molecule has 0 N–H and O–H groups in total. The predicted octanol–water partition coefficient (Wildman–Crippen LogP) is 4.04. The Morgan fingerprint density at radius 1 is 1.00 bits per heavy atom. The zero-order chi connectivity index (χ0) is 19.3. The maximum absolute atomic E-state index is 12.4. The second kappa shape index (κ2) is 8.13. The standard InChI is InChI=1S/C23H21NO4/c25-22-13-20(14-24(22)15-21-7-4-12-27-21)23(26)28-16-17-8-10-19(11-9-17)18-5-2-1-3-6-18/h1-12,20H,13-16H2/t20-/m0/s1. The van der Waals surface area contributed by atoms with Crippen molar-refractivity contribution in [2.45, 2.75) is 19.6 Å². The Labute approximate surface area is 163 Å². The fourth-order valence-electron chi connectivity index (χ4n) is 3.37. The Morgan fingerprint density at radius 3 is 2.46 bits per heavy atom. The lowest BCUT2D eigenvalue weighted by Crippen LogP contribution is -2.26. The van der Waals surface area contributed by atoms with E-state index >= 15 is 0 Å². The molecule has 28 heavy (non-hydrogen) atoms. The fourth-order valence-corrected chi connectivity index (χ4v) is 3.37. The Kier molecular flexibility index (Phi) is 5.24. The molecule has 0 saturated carbocycles. The number of amides is 1. The lowest BCUT2D eigenvalue weighted by Gasteiger charge is -2.14. The molecule has 5 nitrogen and oxygen atoms in total. The van der Waals surface area contributed by atoms with E-state index in [-0.39, 0.29) is 24.9 Å².